The molecule has 0 aliphatic rings. The zero-order valence-corrected chi connectivity index (χ0v) is 81.5. The molecular weight excluding hydrogens is 2080 g/mol. The largest absolute Gasteiger partial charge is 0.405 e. The molecule has 6 amide bonds. The van der Waals surface area contributed by atoms with Gasteiger partial charge in [-0.05, 0) is 106 Å². The Balaban J connectivity index is 0.000000244. The summed E-state index contributed by atoms with van der Waals surface area (Å²) in [6.45, 7) is 13.3. The van der Waals surface area contributed by atoms with Crippen LogP contribution in [0.2, 0.25) is 40.2 Å². The molecule has 0 radical (unpaired) electrons. The fourth-order valence-electron chi connectivity index (χ4n) is 12.7. The van der Waals surface area contributed by atoms with Gasteiger partial charge in [0.15, 0.2) is 29.1 Å². The Morgan fingerprint density at radius 3 is 0.869 bits per heavy atom. The van der Waals surface area contributed by atoms with Gasteiger partial charge in [0.1, 0.15) is 131 Å². The summed E-state index contributed by atoms with van der Waals surface area (Å²) in [4.78, 5) is 151. The molecule has 0 spiro atoms. The number of amides is 6. The molecule has 0 fully saturated rings. The van der Waals surface area contributed by atoms with E-state index in [1.54, 1.807) is 94.5 Å². The van der Waals surface area contributed by atoms with E-state index in [-0.39, 0.29) is 104 Å². The number of nitrogens with zero attached hydrogens (tertiary/aromatic N) is 15. The van der Waals surface area contributed by atoms with Gasteiger partial charge >= 0.3 is 12.4 Å². The van der Waals surface area contributed by atoms with Crippen molar-refractivity contribution in [2.45, 2.75) is 152 Å². The van der Waals surface area contributed by atoms with Crippen LogP contribution in [0.1, 0.15) is 116 Å². The number of nitrogens with two attached hydrogens (primary N) is 1. The van der Waals surface area contributed by atoms with Crippen LogP contribution in [0.5, 0.6) is 0 Å². The number of hydrogen-bond acceptors (Lipinski definition) is 26. The number of H-pyrrole nitrogens is 5. The van der Waals surface area contributed by atoms with E-state index in [9.17, 15) is 72.7 Å². The molecule has 17 N–H and O–H groups in total. The third kappa shape index (κ3) is 30.7. The van der Waals surface area contributed by atoms with Crippen molar-refractivity contribution < 1.29 is 72.7 Å². The van der Waals surface area contributed by atoms with E-state index in [0.717, 1.165) is 34.1 Å². The van der Waals surface area contributed by atoms with Gasteiger partial charge in [0, 0.05) is 130 Å². The second-order valence-electron chi connectivity index (χ2n) is 32.9. The van der Waals surface area contributed by atoms with Crippen molar-refractivity contribution in [3.63, 3.8) is 0 Å². The zero-order valence-electron chi connectivity index (χ0n) is 75.4. The summed E-state index contributed by atoms with van der Waals surface area (Å²) in [6, 6.07) is 8.17. The standard InChI is InChI=1S/C18H17F4N7O2.C17H15Cl2F3N6O.C17H16Cl2F2N6O.C17H17Cl2FN6O.C17H18Cl2N6O.4CH4/c1-17(2,16(31)27-7-18(20,21)22)29-15-11(12(23)30)6-26-14(28-15)10-5-25-13-9(10)3-8(19)4-24-13;1-16(2,15(29)26-7-17(20,21)22)28-14-11(19)6-25-13(27-14)10-5-24-12-9(10)3-8(18)4-23-12;1-17(2,16(28)25-7-12(20)21)27-15-11(19)6-24-14(26-15)10-5-23-13-9(10)3-8(18)4-22-13;1-17(2,16(27)21-4-3-20)26-15-12(19)8-24-14(25-15)11-7-23-13-10(11)5-9(18)6-22-13;1-4-20-16(26)17(2,3)25-15-12(19)8-23-14(24-15)11-7-22-13-10(11)5-9(18)6-21-13;;;;/h3-6H,7H2,1-2H3,(H2,23,30)(H,24,25)(H,27,31)(H,26,28,29);3-6H,7H2,1-2H3,(H,23,24)(H,26,29)(H,25,27,28);3-6,12H,7H2,1-2H3,(H,22,23)(H,25,28)(H,24,26,27);5-8H,3-4H2,1-2H3,(H,21,27)(H,22,23)(H,24,25,26);5-8H,4H2,1-3H3,(H,20,26)(H,21,22)(H,23,24,25);4*1H4. The first-order valence-corrected chi connectivity index (χ1v) is 44.4. The minimum absolute atomic E-state index is 0. The summed E-state index contributed by atoms with van der Waals surface area (Å²) < 4.78 is 125. The topological polar surface area (TPSA) is 521 Å². The lowest BCUT2D eigenvalue weighted by Crippen LogP contribution is -2.50. The molecule has 0 saturated heterocycles. The van der Waals surface area contributed by atoms with Gasteiger partial charge in [-0.1, -0.05) is 123 Å². The fraction of sp³-hybridized carbons (Fsp3) is 0.322. The fourth-order valence-corrected chi connectivity index (χ4v) is 13.8. The maximum absolute atomic E-state index is 13.6. The molecular formula is C90H99Cl8F10N31O6. The highest BCUT2D eigenvalue weighted by molar-refractivity contribution is 6.35. The summed E-state index contributed by atoms with van der Waals surface area (Å²) in [5.41, 5.74) is 4.81. The van der Waals surface area contributed by atoms with Crippen LogP contribution < -0.4 is 58.9 Å². The Morgan fingerprint density at radius 2 is 0.600 bits per heavy atom. The first kappa shape index (κ1) is 118. The number of rotatable bonds is 28. The number of alkyl halides is 9. The van der Waals surface area contributed by atoms with E-state index >= 15 is 0 Å². The van der Waals surface area contributed by atoms with Crippen LogP contribution in [-0.4, -0.2) is 221 Å². The average molecular weight is 2180 g/mol. The van der Waals surface area contributed by atoms with Crippen LogP contribution in [0.3, 0.4) is 0 Å². The molecule has 15 aromatic rings. The number of likely N-dealkylation sites (N-methyl/N-ethyl adjacent to an activating group) is 1. The number of carbonyl (C=O) groups is 6. The molecule has 0 unspecified atom stereocenters. The number of nitrogens with one attached hydrogen (secondary N) is 15. The maximum atomic E-state index is 13.6. The maximum Gasteiger partial charge on any atom is 0.405 e. The molecule has 0 aromatic carbocycles. The van der Waals surface area contributed by atoms with E-state index < -0.39 is 102 Å². The van der Waals surface area contributed by atoms with E-state index in [4.69, 9.17) is 98.5 Å². The van der Waals surface area contributed by atoms with Crippen LogP contribution in [0, 0.1) is 5.82 Å². The highest BCUT2D eigenvalue weighted by Crippen LogP contribution is 2.38. The van der Waals surface area contributed by atoms with Gasteiger partial charge in [-0.25, -0.2) is 92.3 Å². The Bertz CT molecular complexity index is 7150. The highest BCUT2D eigenvalue weighted by atomic mass is 35.5. The molecule has 0 aliphatic heterocycles. The normalized spacial score (nSPS) is 11.5. The Labute approximate surface area is 861 Å². The number of aromatic nitrogens is 20. The Kier molecular flexibility index (Phi) is 40.2. The van der Waals surface area contributed by atoms with Crippen molar-refractivity contribution in [3.8, 4) is 56.9 Å². The van der Waals surface area contributed by atoms with Gasteiger partial charge in [0.05, 0.1) is 63.2 Å². The molecule has 776 valence electrons. The summed E-state index contributed by atoms with van der Waals surface area (Å²) in [6.07, 6.45) is 10.4. The number of halogens is 18. The first-order chi connectivity index (χ1) is 66.1. The predicted molar refractivity (Wildman–Crippen MR) is 544 cm³/mol. The van der Waals surface area contributed by atoms with Crippen molar-refractivity contribution >= 4 is 213 Å². The lowest BCUT2D eigenvalue weighted by molar-refractivity contribution is -0.140. The van der Waals surface area contributed by atoms with Crippen LogP contribution in [-0.2, 0) is 24.0 Å². The molecule has 0 bridgehead atoms. The molecule has 55 heteroatoms. The van der Waals surface area contributed by atoms with Crippen LogP contribution in [0.4, 0.5) is 73.0 Å². The van der Waals surface area contributed by atoms with E-state index in [1.807, 2.05) is 12.2 Å². The average Bonchev–Trinajstić information content (AvgIpc) is 1.68. The van der Waals surface area contributed by atoms with Crippen LogP contribution in [0.25, 0.3) is 112 Å². The number of fused-ring (bicyclic) bond motifs is 5. The molecule has 15 aromatic heterocycles. The summed E-state index contributed by atoms with van der Waals surface area (Å²) in [5, 5.41) is 31.4. The SMILES string of the molecule is C.C.C.C.CC(C)(Nc1nc(-c2c[nH]c3ncc(Cl)cc23)ncc1Cl)C(=O)NCC(F)(F)F.CC(C)(Nc1nc(-c2c[nH]c3ncc(Cl)cc23)ncc1Cl)C(=O)NCC(F)F.CC(C)(Nc1nc(-c2c[nH]c3ncc(Cl)cc23)ncc1Cl)C(=O)NCCF.CC(C)(Nc1nc(-c2c[nH]c3ncc(F)cc23)ncc1C(N)=O)C(=O)NCC(F)(F)F.CCNC(=O)C(C)(C)Nc1nc(-c2c[nH]c3ncc(Cl)cc23)ncc1Cl. The molecule has 0 atom stereocenters. The van der Waals surface area contributed by atoms with Crippen LogP contribution >= 0.6 is 92.8 Å². The second kappa shape index (κ2) is 49.2. The predicted octanol–water partition coefficient (Wildman–Crippen LogP) is 20.0. The minimum atomic E-state index is -4.59. The van der Waals surface area contributed by atoms with E-state index in [2.05, 4.69) is 142 Å². The highest BCUT2D eigenvalue weighted by Gasteiger charge is 2.38. The smallest absolute Gasteiger partial charge is 0.365 e. The number of anilines is 5. The molecule has 15 heterocycles. The number of aromatic amines is 5. The van der Waals surface area contributed by atoms with Crippen molar-refractivity contribution in [2.24, 2.45) is 5.73 Å². The monoisotopic (exact) mass is 2180 g/mol. The van der Waals surface area contributed by atoms with Crippen molar-refractivity contribution in [3.05, 3.63) is 175 Å². The van der Waals surface area contributed by atoms with Gasteiger partial charge in [-0.3, -0.25) is 28.8 Å². The summed E-state index contributed by atoms with van der Waals surface area (Å²) >= 11 is 48.8. The van der Waals surface area contributed by atoms with E-state index in [0.29, 0.717) is 116 Å². The quantitative estimate of drug-likeness (QED) is 0.0203. The van der Waals surface area contributed by atoms with Gasteiger partial charge < -0.3 is 83.8 Å². The second-order valence-corrected chi connectivity index (χ2v) is 36.3. The molecule has 0 aliphatic carbocycles. The van der Waals surface area contributed by atoms with Gasteiger partial charge in [-0.15, -0.1) is 0 Å². The number of carbonyl (C=O) groups excluding carboxylic acids is 6. The van der Waals surface area contributed by atoms with Crippen molar-refractivity contribution in [1.82, 2.24) is 126 Å². The molecule has 0 saturated carbocycles. The third-order valence-electron chi connectivity index (χ3n) is 19.7. The molecule has 15 rings (SSSR count). The Morgan fingerprint density at radius 1 is 0.352 bits per heavy atom. The van der Waals surface area contributed by atoms with Crippen molar-refractivity contribution in [2.75, 3.05) is 66.0 Å². The molecule has 37 nitrogen and oxygen atoms in total. The zero-order chi connectivity index (χ0) is 103. The minimum Gasteiger partial charge on any atom is -0.365 e. The number of hydrogen-bond donors (Lipinski definition) is 16. The first-order valence-electron chi connectivity index (χ1n) is 41.4. The Hall–Kier alpha value is -13.7. The lowest BCUT2D eigenvalue weighted by Gasteiger charge is -2.27. The van der Waals surface area contributed by atoms with Crippen LogP contribution in [0.15, 0.2) is 123 Å². The van der Waals surface area contributed by atoms with Gasteiger partial charge in [0.2, 0.25) is 29.5 Å². The third-order valence-corrected chi connectivity index (χ3v) is 21.7. The summed E-state index contributed by atoms with van der Waals surface area (Å²) in [7, 11) is 0. The van der Waals surface area contributed by atoms with Crippen molar-refractivity contribution in [1.29, 1.82) is 0 Å². The number of pyridine rings is 5. The van der Waals surface area contributed by atoms with Gasteiger partial charge in [0.25, 0.3) is 12.3 Å². The van der Waals surface area contributed by atoms with Gasteiger partial charge in [-0.2, -0.15) is 26.3 Å². The lowest BCUT2D eigenvalue weighted by atomic mass is 10.0. The van der Waals surface area contributed by atoms with E-state index in [1.165, 1.54) is 91.0 Å². The number of primary amides is 1. The molecule has 145 heavy (non-hydrogen) atoms. The summed E-state index contributed by atoms with van der Waals surface area (Å²) in [5.74, 6) is -2.30.